The van der Waals surface area contributed by atoms with Crippen LogP contribution in [0.15, 0.2) is 24.3 Å². The number of fused-ring (bicyclic) bond motifs is 1. The summed E-state index contributed by atoms with van der Waals surface area (Å²) in [6, 6.07) is 6.46. The lowest BCUT2D eigenvalue weighted by Crippen LogP contribution is -2.36. The van der Waals surface area contributed by atoms with Gasteiger partial charge in [0.15, 0.2) is 5.69 Å². The summed E-state index contributed by atoms with van der Waals surface area (Å²) in [6.45, 7) is 0.791. The van der Waals surface area contributed by atoms with Gasteiger partial charge >= 0.3 is 5.97 Å². The highest BCUT2D eigenvalue weighted by Crippen LogP contribution is 2.25. The molecular weight excluding hydrogens is 298 g/mol. The van der Waals surface area contributed by atoms with Gasteiger partial charge in [-0.15, -0.1) is 0 Å². The lowest BCUT2D eigenvalue weighted by Gasteiger charge is -2.27. The van der Waals surface area contributed by atoms with Gasteiger partial charge in [0, 0.05) is 19.2 Å². The molecule has 0 spiro atoms. The topological polar surface area (TPSA) is 84.7 Å². The molecule has 3 rings (SSSR count). The molecule has 7 nitrogen and oxygen atoms in total. The van der Waals surface area contributed by atoms with Crippen LogP contribution >= 0.6 is 0 Å². The third-order valence-electron chi connectivity index (χ3n) is 4.05. The first kappa shape index (κ1) is 15.1. The van der Waals surface area contributed by atoms with E-state index in [1.807, 2.05) is 0 Å². The maximum Gasteiger partial charge on any atom is 0.358 e. The Labute approximate surface area is 133 Å². The van der Waals surface area contributed by atoms with E-state index in [-0.39, 0.29) is 17.2 Å². The average Bonchev–Trinajstić information content (AvgIpc) is 2.90. The van der Waals surface area contributed by atoms with Crippen molar-refractivity contribution in [2.75, 3.05) is 13.7 Å². The zero-order valence-electron chi connectivity index (χ0n) is 12.9. The first-order valence-electron chi connectivity index (χ1n) is 7.23. The van der Waals surface area contributed by atoms with Crippen LogP contribution in [0.1, 0.15) is 32.1 Å². The normalized spacial score (nSPS) is 13.6. The number of esters is 1. The van der Waals surface area contributed by atoms with E-state index in [9.17, 15) is 14.7 Å². The minimum absolute atomic E-state index is 0.0384. The Morgan fingerprint density at radius 1 is 1.30 bits per heavy atom. The Bertz CT molecular complexity index is 782. The van der Waals surface area contributed by atoms with Gasteiger partial charge in [-0.05, 0) is 18.6 Å². The molecule has 0 unspecified atom stereocenters. The SMILES string of the molecule is COC(=O)c1nn(C)c2c1CCN(C(=O)c1ccccc1O)C2. The second kappa shape index (κ2) is 5.75. The van der Waals surface area contributed by atoms with Gasteiger partial charge in [-0.25, -0.2) is 4.79 Å². The Morgan fingerprint density at radius 2 is 2.04 bits per heavy atom. The van der Waals surface area contributed by atoms with Gasteiger partial charge in [-0.3, -0.25) is 9.48 Å². The van der Waals surface area contributed by atoms with Gasteiger partial charge in [0.2, 0.25) is 0 Å². The maximum atomic E-state index is 12.6. The fourth-order valence-corrected chi connectivity index (χ4v) is 2.83. The number of aromatic nitrogens is 2. The summed E-state index contributed by atoms with van der Waals surface area (Å²) in [6.07, 6.45) is 0.521. The highest BCUT2D eigenvalue weighted by molar-refractivity contribution is 5.97. The number of hydrogen-bond donors (Lipinski definition) is 1. The lowest BCUT2D eigenvalue weighted by molar-refractivity contribution is 0.0591. The van der Waals surface area contributed by atoms with E-state index < -0.39 is 5.97 Å². The smallest absolute Gasteiger partial charge is 0.358 e. The molecule has 120 valence electrons. The minimum atomic E-state index is -0.470. The number of methoxy groups -OCH3 is 1. The molecule has 0 fully saturated rings. The van der Waals surface area contributed by atoms with E-state index in [2.05, 4.69) is 5.10 Å². The summed E-state index contributed by atoms with van der Waals surface area (Å²) in [5, 5.41) is 14.0. The van der Waals surface area contributed by atoms with E-state index in [0.717, 1.165) is 11.3 Å². The number of para-hydroxylation sites is 1. The number of aromatic hydroxyl groups is 1. The molecule has 0 bridgehead atoms. The molecular formula is C16H17N3O4. The zero-order valence-corrected chi connectivity index (χ0v) is 12.9. The number of nitrogens with zero attached hydrogens (tertiary/aromatic N) is 3. The van der Waals surface area contributed by atoms with Crippen molar-refractivity contribution in [2.45, 2.75) is 13.0 Å². The fourth-order valence-electron chi connectivity index (χ4n) is 2.83. The third kappa shape index (κ3) is 2.54. The fraction of sp³-hybridized carbons (Fsp3) is 0.312. The summed E-state index contributed by atoms with van der Waals surface area (Å²) in [5.74, 6) is -0.750. The van der Waals surface area contributed by atoms with Crippen LogP contribution in [0.2, 0.25) is 0 Å². The molecule has 1 aliphatic heterocycles. The summed E-state index contributed by atoms with van der Waals surface area (Å²) in [7, 11) is 3.06. The number of benzene rings is 1. The average molecular weight is 315 g/mol. The van der Waals surface area contributed by atoms with Gasteiger partial charge in [0.25, 0.3) is 5.91 Å². The number of carbonyl (C=O) groups is 2. The summed E-state index contributed by atoms with van der Waals surface area (Å²) in [4.78, 5) is 26.0. The van der Waals surface area contributed by atoms with Gasteiger partial charge in [0.1, 0.15) is 5.75 Å². The molecule has 1 aliphatic rings. The second-order valence-corrected chi connectivity index (χ2v) is 5.38. The molecule has 1 N–H and O–H groups in total. The molecule has 1 aromatic carbocycles. The first-order chi connectivity index (χ1) is 11.0. The van der Waals surface area contributed by atoms with Gasteiger partial charge < -0.3 is 14.7 Å². The van der Waals surface area contributed by atoms with Crippen LogP contribution in [-0.4, -0.2) is 45.3 Å². The Kier molecular flexibility index (Phi) is 3.77. The van der Waals surface area contributed by atoms with Crippen LogP contribution in [0.25, 0.3) is 0 Å². The summed E-state index contributed by atoms with van der Waals surface area (Å²) < 4.78 is 6.35. The van der Waals surface area contributed by atoms with Gasteiger partial charge in [0.05, 0.1) is 24.9 Å². The number of ether oxygens (including phenoxy) is 1. The molecule has 0 atom stereocenters. The van der Waals surface area contributed by atoms with Crippen molar-refractivity contribution in [1.82, 2.24) is 14.7 Å². The van der Waals surface area contributed by atoms with Crippen LogP contribution in [0, 0.1) is 0 Å². The highest BCUT2D eigenvalue weighted by atomic mass is 16.5. The Balaban J connectivity index is 1.89. The molecule has 0 saturated heterocycles. The van der Waals surface area contributed by atoms with E-state index in [0.29, 0.717) is 25.2 Å². The predicted molar refractivity (Wildman–Crippen MR) is 81.1 cm³/mol. The maximum absolute atomic E-state index is 12.6. The number of phenolic OH excluding ortho intramolecular Hbond substituents is 1. The largest absolute Gasteiger partial charge is 0.507 e. The summed E-state index contributed by atoms with van der Waals surface area (Å²) in [5.41, 5.74) is 2.20. The number of hydrogen-bond acceptors (Lipinski definition) is 5. The monoisotopic (exact) mass is 315 g/mol. The first-order valence-corrected chi connectivity index (χ1v) is 7.23. The number of amides is 1. The molecule has 0 aliphatic carbocycles. The van der Waals surface area contributed by atoms with Gasteiger partial charge in [-0.1, -0.05) is 12.1 Å². The molecule has 2 heterocycles. The molecule has 2 aromatic rings. The van der Waals surface area contributed by atoms with E-state index in [1.54, 1.807) is 34.8 Å². The van der Waals surface area contributed by atoms with Crippen LogP contribution in [0.3, 0.4) is 0 Å². The number of aryl methyl sites for hydroxylation is 1. The van der Waals surface area contributed by atoms with Crippen molar-refractivity contribution in [1.29, 1.82) is 0 Å². The molecule has 0 radical (unpaired) electrons. The van der Waals surface area contributed by atoms with Crippen molar-refractivity contribution in [3.63, 3.8) is 0 Å². The molecule has 7 heteroatoms. The van der Waals surface area contributed by atoms with Crippen LogP contribution in [-0.2, 0) is 24.8 Å². The Hall–Kier alpha value is -2.83. The number of carbonyl (C=O) groups excluding carboxylic acids is 2. The molecule has 23 heavy (non-hydrogen) atoms. The number of phenols is 1. The van der Waals surface area contributed by atoms with Crippen LogP contribution < -0.4 is 0 Å². The van der Waals surface area contributed by atoms with Crippen LogP contribution in [0.5, 0.6) is 5.75 Å². The standard InChI is InChI=1S/C16H17N3O4/c1-18-12-9-19(15(21)11-5-3-4-6-13(11)20)8-7-10(12)14(17-18)16(22)23-2/h3-6,20H,7-9H2,1-2H3. The highest BCUT2D eigenvalue weighted by Gasteiger charge is 2.30. The predicted octanol–water partition coefficient (Wildman–Crippen LogP) is 1.11. The van der Waals surface area contributed by atoms with Crippen molar-refractivity contribution in [3.05, 3.63) is 46.8 Å². The third-order valence-corrected chi connectivity index (χ3v) is 4.05. The van der Waals surface area contributed by atoms with E-state index >= 15 is 0 Å². The van der Waals surface area contributed by atoms with Crippen molar-refractivity contribution in [2.24, 2.45) is 7.05 Å². The lowest BCUT2D eigenvalue weighted by atomic mass is 10.0. The molecule has 1 amide bonds. The van der Waals surface area contributed by atoms with Crippen molar-refractivity contribution < 1.29 is 19.4 Å². The zero-order chi connectivity index (χ0) is 16.6. The second-order valence-electron chi connectivity index (χ2n) is 5.38. The van der Waals surface area contributed by atoms with Crippen LogP contribution in [0.4, 0.5) is 0 Å². The van der Waals surface area contributed by atoms with Crippen molar-refractivity contribution in [3.8, 4) is 5.75 Å². The molecule has 0 saturated carbocycles. The minimum Gasteiger partial charge on any atom is -0.507 e. The van der Waals surface area contributed by atoms with E-state index in [1.165, 1.54) is 13.2 Å². The van der Waals surface area contributed by atoms with E-state index in [4.69, 9.17) is 4.74 Å². The number of rotatable bonds is 2. The Morgan fingerprint density at radius 3 is 2.74 bits per heavy atom. The van der Waals surface area contributed by atoms with Crippen molar-refractivity contribution >= 4 is 11.9 Å². The van der Waals surface area contributed by atoms with Gasteiger partial charge in [-0.2, -0.15) is 5.10 Å². The summed E-state index contributed by atoms with van der Waals surface area (Å²) >= 11 is 0. The molecule has 1 aromatic heterocycles. The quantitative estimate of drug-likeness (QED) is 0.839.